The largest absolute Gasteiger partial charge is 0.506 e. The van der Waals surface area contributed by atoms with Crippen molar-refractivity contribution in [3.05, 3.63) is 35.5 Å². The fourth-order valence-electron chi connectivity index (χ4n) is 2.18. The van der Waals surface area contributed by atoms with Crippen LogP contribution in [-0.4, -0.2) is 45.1 Å². The Bertz CT molecular complexity index is 708. The van der Waals surface area contributed by atoms with Gasteiger partial charge in [-0.2, -0.15) is 0 Å². The number of hydrogen-bond acceptors (Lipinski definition) is 4. The molecule has 2 aromatic rings. The monoisotopic (exact) mass is 288 g/mol. The third-order valence-electron chi connectivity index (χ3n) is 3.34. The molecule has 0 fully saturated rings. The van der Waals surface area contributed by atoms with Crippen LogP contribution in [0.2, 0.25) is 0 Å². The van der Waals surface area contributed by atoms with Crippen molar-refractivity contribution in [3.63, 3.8) is 0 Å². The number of rotatable bonds is 4. The highest BCUT2D eigenvalue weighted by atomic mass is 16.4. The van der Waals surface area contributed by atoms with Crippen molar-refractivity contribution < 1.29 is 19.8 Å². The molecule has 0 radical (unpaired) electrons. The number of carbonyl (C=O) groups is 2. The molecule has 0 aliphatic heterocycles. The van der Waals surface area contributed by atoms with Crippen LogP contribution in [0.15, 0.2) is 24.3 Å². The fourth-order valence-corrected chi connectivity index (χ4v) is 2.18. The lowest BCUT2D eigenvalue weighted by molar-refractivity contribution is 0.0698. The Hall–Kier alpha value is -2.63. The number of hydrogen-bond donors (Lipinski definition) is 2. The molecular formula is C15H16N2O4. The van der Waals surface area contributed by atoms with Gasteiger partial charge in [-0.05, 0) is 38.1 Å². The highest BCUT2D eigenvalue weighted by Gasteiger charge is 2.17. The number of aromatic carboxylic acids is 1. The average Bonchev–Trinajstić information content (AvgIpc) is 2.48. The first kappa shape index (κ1) is 14.8. The predicted octanol–water partition coefficient (Wildman–Crippen LogP) is 2.12. The smallest absolute Gasteiger partial charge is 0.336 e. The van der Waals surface area contributed by atoms with Crippen molar-refractivity contribution in [1.82, 2.24) is 9.88 Å². The van der Waals surface area contributed by atoms with E-state index in [1.807, 2.05) is 13.8 Å². The van der Waals surface area contributed by atoms with E-state index in [4.69, 9.17) is 5.11 Å². The Morgan fingerprint density at radius 1 is 1.14 bits per heavy atom. The first-order chi connectivity index (χ1) is 9.99. The average molecular weight is 288 g/mol. The van der Waals surface area contributed by atoms with E-state index in [0.29, 0.717) is 18.5 Å². The molecule has 0 aliphatic carbocycles. The van der Waals surface area contributed by atoms with Crippen LogP contribution in [0, 0.1) is 0 Å². The summed E-state index contributed by atoms with van der Waals surface area (Å²) < 4.78 is 0. The number of phenols is 1. The Morgan fingerprint density at radius 2 is 1.81 bits per heavy atom. The Kier molecular flexibility index (Phi) is 4.07. The molecule has 1 aromatic carbocycles. The Balaban J connectivity index is 2.59. The van der Waals surface area contributed by atoms with Crippen LogP contribution in [0.3, 0.4) is 0 Å². The maximum Gasteiger partial charge on any atom is 0.336 e. The lowest BCUT2D eigenvalue weighted by Crippen LogP contribution is -2.31. The summed E-state index contributed by atoms with van der Waals surface area (Å²) in [6.45, 7) is 4.83. The Labute approximate surface area is 121 Å². The molecule has 0 bridgehead atoms. The van der Waals surface area contributed by atoms with Crippen LogP contribution in [0.1, 0.15) is 34.7 Å². The third kappa shape index (κ3) is 2.65. The molecule has 0 saturated heterocycles. The molecule has 1 amide bonds. The van der Waals surface area contributed by atoms with Gasteiger partial charge in [0.1, 0.15) is 17.0 Å². The van der Waals surface area contributed by atoms with Gasteiger partial charge in [0.25, 0.3) is 5.91 Å². The van der Waals surface area contributed by atoms with Gasteiger partial charge in [-0.25, -0.2) is 9.78 Å². The second kappa shape index (κ2) is 5.78. The van der Waals surface area contributed by atoms with Crippen LogP contribution in [-0.2, 0) is 0 Å². The molecule has 2 rings (SSSR count). The summed E-state index contributed by atoms with van der Waals surface area (Å²) in [7, 11) is 0. The summed E-state index contributed by atoms with van der Waals surface area (Å²) in [6.07, 6.45) is 0. The summed E-state index contributed by atoms with van der Waals surface area (Å²) >= 11 is 0. The highest BCUT2D eigenvalue weighted by Crippen LogP contribution is 2.26. The minimum atomic E-state index is -1.11. The van der Waals surface area contributed by atoms with E-state index in [1.165, 1.54) is 24.3 Å². The Morgan fingerprint density at radius 3 is 2.38 bits per heavy atom. The van der Waals surface area contributed by atoms with Gasteiger partial charge in [-0.15, -0.1) is 0 Å². The van der Waals surface area contributed by atoms with Crippen LogP contribution >= 0.6 is 0 Å². The van der Waals surface area contributed by atoms with E-state index in [-0.39, 0.29) is 28.4 Å². The SMILES string of the molecule is CCN(CC)C(=O)c1ccc2c(C(=O)O)ccc(O)c2n1. The van der Waals surface area contributed by atoms with E-state index in [2.05, 4.69) is 4.98 Å². The summed E-state index contributed by atoms with van der Waals surface area (Å²) in [5.74, 6) is -1.50. The molecule has 1 heterocycles. The van der Waals surface area contributed by atoms with Crippen LogP contribution in [0.4, 0.5) is 0 Å². The molecule has 0 unspecified atom stereocenters. The molecule has 0 atom stereocenters. The molecule has 1 aromatic heterocycles. The van der Waals surface area contributed by atoms with Gasteiger partial charge in [0, 0.05) is 18.5 Å². The maximum atomic E-state index is 12.2. The van der Waals surface area contributed by atoms with Gasteiger partial charge in [0.2, 0.25) is 0 Å². The van der Waals surface area contributed by atoms with Gasteiger partial charge in [-0.3, -0.25) is 4.79 Å². The van der Waals surface area contributed by atoms with Gasteiger partial charge >= 0.3 is 5.97 Å². The number of pyridine rings is 1. The van der Waals surface area contributed by atoms with Crippen molar-refractivity contribution in [2.24, 2.45) is 0 Å². The number of carbonyl (C=O) groups excluding carboxylic acids is 1. The molecule has 6 nitrogen and oxygen atoms in total. The first-order valence-electron chi connectivity index (χ1n) is 6.64. The lowest BCUT2D eigenvalue weighted by Gasteiger charge is -2.18. The molecule has 0 spiro atoms. The highest BCUT2D eigenvalue weighted by molar-refractivity contribution is 6.05. The van der Waals surface area contributed by atoms with E-state index in [9.17, 15) is 14.7 Å². The summed E-state index contributed by atoms with van der Waals surface area (Å²) in [6, 6.07) is 5.56. The van der Waals surface area contributed by atoms with Crippen molar-refractivity contribution in [1.29, 1.82) is 0 Å². The van der Waals surface area contributed by atoms with E-state index in [0.717, 1.165) is 0 Å². The normalized spacial score (nSPS) is 10.6. The molecule has 2 N–H and O–H groups in total. The summed E-state index contributed by atoms with van der Waals surface area (Å²) in [5.41, 5.74) is 0.342. The van der Waals surface area contributed by atoms with Gasteiger partial charge in [-0.1, -0.05) is 0 Å². The van der Waals surface area contributed by atoms with Crippen molar-refractivity contribution in [2.45, 2.75) is 13.8 Å². The molecular weight excluding hydrogens is 272 g/mol. The van der Waals surface area contributed by atoms with Gasteiger partial charge < -0.3 is 15.1 Å². The number of amides is 1. The van der Waals surface area contributed by atoms with E-state index in [1.54, 1.807) is 4.90 Å². The molecule has 0 saturated carbocycles. The standard InChI is InChI=1S/C15H16N2O4/c1-3-17(4-2)14(19)11-7-5-9-10(15(20)21)6-8-12(18)13(9)16-11/h5-8,18H,3-4H2,1-2H3,(H,20,21). The molecule has 6 heteroatoms. The van der Waals surface area contributed by atoms with E-state index < -0.39 is 5.97 Å². The van der Waals surface area contributed by atoms with Crippen LogP contribution in [0.5, 0.6) is 5.75 Å². The zero-order valence-corrected chi connectivity index (χ0v) is 11.8. The topological polar surface area (TPSA) is 90.7 Å². The number of fused-ring (bicyclic) bond motifs is 1. The summed E-state index contributed by atoms with van der Waals surface area (Å²) in [5, 5.41) is 19.3. The number of nitrogens with zero attached hydrogens (tertiary/aromatic N) is 2. The first-order valence-corrected chi connectivity index (χ1v) is 6.64. The van der Waals surface area contributed by atoms with Gasteiger partial charge in [0.15, 0.2) is 0 Å². The molecule has 0 aliphatic rings. The van der Waals surface area contributed by atoms with Crippen LogP contribution in [0.25, 0.3) is 10.9 Å². The zero-order valence-electron chi connectivity index (χ0n) is 11.8. The number of aromatic hydroxyl groups is 1. The zero-order chi connectivity index (χ0) is 15.6. The molecule has 21 heavy (non-hydrogen) atoms. The lowest BCUT2D eigenvalue weighted by atomic mass is 10.1. The minimum absolute atomic E-state index is 0.0390. The molecule has 110 valence electrons. The number of carboxylic acids is 1. The summed E-state index contributed by atoms with van der Waals surface area (Å²) in [4.78, 5) is 29.1. The van der Waals surface area contributed by atoms with Crippen molar-refractivity contribution in [2.75, 3.05) is 13.1 Å². The number of benzene rings is 1. The predicted molar refractivity (Wildman–Crippen MR) is 77.6 cm³/mol. The fraction of sp³-hybridized carbons (Fsp3) is 0.267. The van der Waals surface area contributed by atoms with Gasteiger partial charge in [0.05, 0.1) is 5.56 Å². The number of aromatic nitrogens is 1. The quantitative estimate of drug-likeness (QED) is 0.899. The maximum absolute atomic E-state index is 12.2. The third-order valence-corrected chi connectivity index (χ3v) is 3.34. The second-order valence-corrected chi connectivity index (χ2v) is 4.51. The second-order valence-electron chi connectivity index (χ2n) is 4.51. The number of carboxylic acid groups (broad SMARTS) is 1. The van der Waals surface area contributed by atoms with Crippen LogP contribution < -0.4 is 0 Å². The van der Waals surface area contributed by atoms with E-state index >= 15 is 0 Å². The van der Waals surface area contributed by atoms with Crippen molar-refractivity contribution >= 4 is 22.8 Å². The van der Waals surface area contributed by atoms with Crippen molar-refractivity contribution in [3.8, 4) is 5.75 Å². The number of phenolic OH excluding ortho intramolecular Hbond substituents is 1. The minimum Gasteiger partial charge on any atom is -0.506 e.